The summed E-state index contributed by atoms with van der Waals surface area (Å²) in [6.07, 6.45) is 1.81. The standard InChI is InChI=1S/C16H20FNO3/c1-10(13-5-3-4-6-14(13)17)9-15(19)18(12-7-8-12)11(2)16(20)21/h3-6,10-12H,7-9H2,1-2H3,(H,20,21). The molecule has 21 heavy (non-hydrogen) atoms. The van der Waals surface area contributed by atoms with E-state index in [2.05, 4.69) is 0 Å². The van der Waals surface area contributed by atoms with Gasteiger partial charge in [0.05, 0.1) is 0 Å². The van der Waals surface area contributed by atoms with E-state index in [1.165, 1.54) is 17.9 Å². The summed E-state index contributed by atoms with van der Waals surface area (Å²) in [6.45, 7) is 3.30. The van der Waals surface area contributed by atoms with Crippen LogP contribution < -0.4 is 0 Å². The smallest absolute Gasteiger partial charge is 0.326 e. The molecule has 0 saturated heterocycles. The Hall–Kier alpha value is -1.91. The second-order valence-corrected chi connectivity index (χ2v) is 5.67. The van der Waals surface area contributed by atoms with Gasteiger partial charge in [-0.2, -0.15) is 0 Å². The summed E-state index contributed by atoms with van der Waals surface area (Å²) < 4.78 is 13.7. The maximum Gasteiger partial charge on any atom is 0.326 e. The molecule has 1 aromatic carbocycles. The first-order chi connectivity index (χ1) is 9.91. The van der Waals surface area contributed by atoms with Crippen LogP contribution in [0.15, 0.2) is 24.3 Å². The van der Waals surface area contributed by atoms with Gasteiger partial charge in [0.2, 0.25) is 5.91 Å². The van der Waals surface area contributed by atoms with Crippen LogP contribution in [0.4, 0.5) is 4.39 Å². The van der Waals surface area contributed by atoms with Gasteiger partial charge in [-0.05, 0) is 37.3 Å². The third-order valence-electron chi connectivity index (χ3n) is 3.92. The van der Waals surface area contributed by atoms with Crippen LogP contribution in [0.3, 0.4) is 0 Å². The van der Waals surface area contributed by atoms with Crippen LogP contribution in [0.25, 0.3) is 0 Å². The molecule has 1 N–H and O–H groups in total. The van der Waals surface area contributed by atoms with E-state index in [0.717, 1.165) is 12.8 Å². The van der Waals surface area contributed by atoms with Gasteiger partial charge in [-0.3, -0.25) is 4.79 Å². The fourth-order valence-electron chi connectivity index (χ4n) is 2.56. The first-order valence-electron chi connectivity index (χ1n) is 7.20. The minimum Gasteiger partial charge on any atom is -0.480 e. The number of benzene rings is 1. The zero-order valence-electron chi connectivity index (χ0n) is 12.3. The number of hydrogen-bond donors (Lipinski definition) is 1. The third-order valence-corrected chi connectivity index (χ3v) is 3.92. The molecule has 0 aromatic heterocycles. The van der Waals surface area contributed by atoms with Crippen molar-refractivity contribution >= 4 is 11.9 Å². The number of carboxylic acids is 1. The van der Waals surface area contributed by atoms with Crippen molar-refractivity contribution in [2.45, 2.75) is 51.1 Å². The Bertz CT molecular complexity index is 542. The van der Waals surface area contributed by atoms with E-state index in [-0.39, 0.29) is 30.1 Å². The molecular formula is C16H20FNO3. The number of carbonyl (C=O) groups is 2. The quantitative estimate of drug-likeness (QED) is 0.877. The molecule has 1 saturated carbocycles. The molecule has 4 nitrogen and oxygen atoms in total. The number of aliphatic carboxylic acids is 1. The van der Waals surface area contributed by atoms with Crippen LogP contribution >= 0.6 is 0 Å². The molecule has 1 amide bonds. The van der Waals surface area contributed by atoms with E-state index in [1.807, 2.05) is 0 Å². The molecule has 114 valence electrons. The highest BCUT2D eigenvalue weighted by Crippen LogP contribution is 2.31. The van der Waals surface area contributed by atoms with Crippen LogP contribution in [0, 0.1) is 5.82 Å². The molecule has 1 aliphatic rings. The Morgan fingerprint density at radius 1 is 1.33 bits per heavy atom. The van der Waals surface area contributed by atoms with Gasteiger partial charge in [-0.25, -0.2) is 9.18 Å². The number of hydrogen-bond acceptors (Lipinski definition) is 2. The summed E-state index contributed by atoms with van der Waals surface area (Å²) in [6, 6.07) is 5.56. The Kier molecular flexibility index (Phi) is 4.60. The molecule has 1 aromatic rings. The molecule has 1 aliphatic carbocycles. The molecule has 2 unspecified atom stereocenters. The van der Waals surface area contributed by atoms with Gasteiger partial charge in [-0.1, -0.05) is 25.1 Å². The Morgan fingerprint density at radius 2 is 1.95 bits per heavy atom. The normalized spacial score (nSPS) is 17.1. The molecule has 1 fully saturated rings. The monoisotopic (exact) mass is 293 g/mol. The summed E-state index contributed by atoms with van der Waals surface area (Å²) in [5.41, 5.74) is 0.490. The lowest BCUT2D eigenvalue weighted by molar-refractivity contribution is -0.150. The molecule has 2 rings (SSSR count). The average Bonchev–Trinajstić information content (AvgIpc) is 3.23. The molecule has 0 radical (unpaired) electrons. The zero-order chi connectivity index (χ0) is 15.6. The predicted octanol–water partition coefficient (Wildman–Crippen LogP) is 2.78. The summed E-state index contributed by atoms with van der Waals surface area (Å²) >= 11 is 0. The van der Waals surface area contributed by atoms with Gasteiger partial charge in [0.25, 0.3) is 0 Å². The highest BCUT2D eigenvalue weighted by atomic mass is 19.1. The Morgan fingerprint density at radius 3 is 2.48 bits per heavy atom. The lowest BCUT2D eigenvalue weighted by atomic mass is 9.96. The van der Waals surface area contributed by atoms with E-state index in [9.17, 15) is 14.0 Å². The van der Waals surface area contributed by atoms with Gasteiger partial charge in [0, 0.05) is 12.5 Å². The number of rotatable bonds is 6. The maximum absolute atomic E-state index is 13.7. The molecule has 0 aliphatic heterocycles. The van der Waals surface area contributed by atoms with Crippen LogP contribution in [-0.4, -0.2) is 34.0 Å². The van der Waals surface area contributed by atoms with Crippen molar-refractivity contribution < 1.29 is 19.1 Å². The first kappa shape index (κ1) is 15.5. The summed E-state index contributed by atoms with van der Waals surface area (Å²) in [5.74, 6) is -1.83. The Balaban J connectivity index is 2.08. The fraction of sp³-hybridized carbons (Fsp3) is 0.500. The minimum atomic E-state index is -1.01. The molecule has 5 heteroatoms. The van der Waals surface area contributed by atoms with Gasteiger partial charge in [-0.15, -0.1) is 0 Å². The average molecular weight is 293 g/mol. The second-order valence-electron chi connectivity index (χ2n) is 5.67. The van der Waals surface area contributed by atoms with Gasteiger partial charge in [0.1, 0.15) is 11.9 Å². The first-order valence-corrected chi connectivity index (χ1v) is 7.20. The minimum absolute atomic E-state index is 0.0245. The van der Waals surface area contributed by atoms with Crippen LogP contribution in [0.5, 0.6) is 0 Å². The number of nitrogens with zero attached hydrogens (tertiary/aromatic N) is 1. The zero-order valence-corrected chi connectivity index (χ0v) is 12.3. The van der Waals surface area contributed by atoms with E-state index in [1.54, 1.807) is 25.1 Å². The van der Waals surface area contributed by atoms with E-state index >= 15 is 0 Å². The lowest BCUT2D eigenvalue weighted by Crippen LogP contribution is -2.45. The molecule has 2 atom stereocenters. The van der Waals surface area contributed by atoms with Crippen LogP contribution in [0.2, 0.25) is 0 Å². The van der Waals surface area contributed by atoms with Gasteiger partial charge in [0.15, 0.2) is 0 Å². The van der Waals surface area contributed by atoms with Crippen LogP contribution in [0.1, 0.15) is 44.6 Å². The maximum atomic E-state index is 13.7. The van der Waals surface area contributed by atoms with Crippen LogP contribution in [-0.2, 0) is 9.59 Å². The van der Waals surface area contributed by atoms with Gasteiger partial charge < -0.3 is 10.0 Å². The van der Waals surface area contributed by atoms with Crippen molar-refractivity contribution in [3.63, 3.8) is 0 Å². The van der Waals surface area contributed by atoms with Crippen molar-refractivity contribution in [1.82, 2.24) is 4.90 Å². The van der Waals surface area contributed by atoms with E-state index < -0.39 is 12.0 Å². The molecule has 0 spiro atoms. The predicted molar refractivity (Wildman–Crippen MR) is 76.4 cm³/mol. The molecule has 0 heterocycles. The highest BCUT2D eigenvalue weighted by molar-refractivity contribution is 5.84. The summed E-state index contributed by atoms with van der Waals surface area (Å²) in [7, 11) is 0. The van der Waals surface area contributed by atoms with E-state index in [4.69, 9.17) is 5.11 Å². The van der Waals surface area contributed by atoms with Crippen molar-refractivity contribution in [1.29, 1.82) is 0 Å². The second kappa shape index (κ2) is 6.24. The SMILES string of the molecule is CC(CC(=O)N(C1CC1)C(C)C(=O)O)c1ccccc1F. The van der Waals surface area contributed by atoms with E-state index in [0.29, 0.717) is 5.56 Å². The summed E-state index contributed by atoms with van der Waals surface area (Å²) in [4.78, 5) is 25.0. The highest BCUT2D eigenvalue weighted by Gasteiger charge is 2.38. The summed E-state index contributed by atoms with van der Waals surface area (Å²) in [5, 5.41) is 9.12. The van der Waals surface area contributed by atoms with Crippen molar-refractivity contribution in [3.05, 3.63) is 35.6 Å². The molecular weight excluding hydrogens is 273 g/mol. The number of carboxylic acid groups (broad SMARTS) is 1. The largest absolute Gasteiger partial charge is 0.480 e. The van der Waals surface area contributed by atoms with Crippen molar-refractivity contribution in [2.75, 3.05) is 0 Å². The number of halogens is 1. The Labute approximate surface area is 123 Å². The van der Waals surface area contributed by atoms with Crippen molar-refractivity contribution in [3.8, 4) is 0 Å². The lowest BCUT2D eigenvalue weighted by Gasteiger charge is -2.27. The number of carbonyl (C=O) groups excluding carboxylic acids is 1. The number of amides is 1. The topological polar surface area (TPSA) is 57.6 Å². The van der Waals surface area contributed by atoms with Crippen molar-refractivity contribution in [2.24, 2.45) is 0 Å². The molecule has 0 bridgehead atoms. The fourth-order valence-corrected chi connectivity index (χ4v) is 2.56. The van der Waals surface area contributed by atoms with Gasteiger partial charge >= 0.3 is 5.97 Å². The third kappa shape index (κ3) is 3.60.